The average Bonchev–Trinajstić information content (AvgIpc) is 3.05. The molecule has 0 aliphatic carbocycles. The number of hydrogen-bond acceptors (Lipinski definition) is 3. The Bertz CT molecular complexity index is 868. The molecule has 24 heavy (non-hydrogen) atoms. The summed E-state index contributed by atoms with van der Waals surface area (Å²) in [5, 5.41) is -0.0957. The van der Waals surface area contributed by atoms with Crippen molar-refractivity contribution in [3.05, 3.63) is 63.6 Å². The number of benzene rings is 2. The number of halogens is 2. The largest absolute Gasteiger partial charge is 0.337 e. The second-order valence-electron chi connectivity index (χ2n) is 5.67. The average molecular weight is 429 g/mol. The summed E-state index contributed by atoms with van der Waals surface area (Å²) in [5.41, 5.74) is 0.550. The van der Waals surface area contributed by atoms with Crippen LogP contribution in [-0.2, 0) is 9.84 Å². The first-order valence-electron chi connectivity index (χ1n) is 7.42. The second-order valence-corrected chi connectivity index (χ2v) is 9.25. The summed E-state index contributed by atoms with van der Waals surface area (Å²) in [6.45, 7) is 0.638. The van der Waals surface area contributed by atoms with Crippen molar-refractivity contribution in [3.8, 4) is 0 Å². The summed E-state index contributed by atoms with van der Waals surface area (Å²) in [6.07, 6.45) is 0.435. The number of likely N-dealkylation sites (tertiary alicyclic amines) is 1. The Balaban J connectivity index is 1.77. The van der Waals surface area contributed by atoms with Gasteiger partial charge in [0.2, 0.25) is 0 Å². The van der Waals surface area contributed by atoms with Crippen LogP contribution in [0.4, 0.5) is 0 Å². The van der Waals surface area contributed by atoms with Gasteiger partial charge in [0, 0.05) is 28.1 Å². The fraction of sp³-hybridized carbons (Fsp3) is 0.235. The first-order chi connectivity index (χ1) is 11.4. The van der Waals surface area contributed by atoms with Gasteiger partial charge >= 0.3 is 0 Å². The topological polar surface area (TPSA) is 54.5 Å². The smallest absolute Gasteiger partial charge is 0.253 e. The molecule has 4 nitrogen and oxygen atoms in total. The third-order valence-electron chi connectivity index (χ3n) is 4.08. The molecule has 7 heteroatoms. The predicted molar refractivity (Wildman–Crippen MR) is 97.1 cm³/mol. The zero-order valence-electron chi connectivity index (χ0n) is 12.7. The molecule has 0 unspecified atom stereocenters. The van der Waals surface area contributed by atoms with E-state index in [2.05, 4.69) is 15.9 Å². The molecule has 2 aromatic rings. The Morgan fingerprint density at radius 3 is 2.54 bits per heavy atom. The highest BCUT2D eigenvalue weighted by Crippen LogP contribution is 2.26. The SMILES string of the molecule is O=C(c1cccc(Br)c1)N1CC[C@@H](S(=O)(=O)c2ccc(Cl)cc2)C1. The maximum absolute atomic E-state index is 12.7. The Labute approximate surface area is 154 Å². The summed E-state index contributed by atoms with van der Waals surface area (Å²) >= 11 is 9.16. The molecule has 1 atom stereocenters. The summed E-state index contributed by atoms with van der Waals surface area (Å²) in [6, 6.07) is 13.2. The number of amides is 1. The third-order valence-corrected chi connectivity index (χ3v) is 7.02. The molecule has 1 fully saturated rings. The van der Waals surface area contributed by atoms with E-state index >= 15 is 0 Å². The highest BCUT2D eigenvalue weighted by molar-refractivity contribution is 9.10. The summed E-state index contributed by atoms with van der Waals surface area (Å²) in [7, 11) is -3.47. The first kappa shape index (κ1) is 17.5. The monoisotopic (exact) mass is 427 g/mol. The van der Waals surface area contributed by atoms with Crippen molar-refractivity contribution < 1.29 is 13.2 Å². The number of rotatable bonds is 3. The molecule has 3 rings (SSSR count). The van der Waals surface area contributed by atoms with Gasteiger partial charge in [-0.1, -0.05) is 33.6 Å². The van der Waals surface area contributed by atoms with E-state index in [1.165, 1.54) is 12.1 Å². The molecular formula is C17H15BrClNO3S. The van der Waals surface area contributed by atoms with E-state index < -0.39 is 15.1 Å². The summed E-state index contributed by atoms with van der Waals surface area (Å²) in [5.74, 6) is -0.148. The van der Waals surface area contributed by atoms with E-state index in [-0.39, 0.29) is 17.3 Å². The third kappa shape index (κ3) is 3.50. The van der Waals surface area contributed by atoms with Gasteiger partial charge in [0.05, 0.1) is 10.1 Å². The van der Waals surface area contributed by atoms with Crippen LogP contribution < -0.4 is 0 Å². The van der Waals surface area contributed by atoms with Crippen LogP contribution in [0.25, 0.3) is 0 Å². The molecule has 1 aliphatic heterocycles. The van der Waals surface area contributed by atoms with E-state index in [0.29, 0.717) is 23.6 Å². The fourth-order valence-corrected chi connectivity index (χ4v) is 5.00. The molecule has 1 aliphatic rings. The Hall–Kier alpha value is -1.37. The predicted octanol–water partition coefficient (Wildman–Crippen LogP) is 3.79. The zero-order chi connectivity index (χ0) is 17.3. The fourth-order valence-electron chi connectivity index (χ4n) is 2.79. The first-order valence-corrected chi connectivity index (χ1v) is 10.1. The van der Waals surface area contributed by atoms with Crippen LogP contribution in [0.1, 0.15) is 16.8 Å². The van der Waals surface area contributed by atoms with Gasteiger partial charge in [-0.15, -0.1) is 0 Å². The van der Waals surface area contributed by atoms with Crippen LogP contribution in [0, 0.1) is 0 Å². The Morgan fingerprint density at radius 1 is 1.17 bits per heavy atom. The molecule has 1 saturated heterocycles. The van der Waals surface area contributed by atoms with Crippen LogP contribution in [-0.4, -0.2) is 37.6 Å². The van der Waals surface area contributed by atoms with E-state index in [1.54, 1.807) is 35.2 Å². The minimum atomic E-state index is -3.47. The quantitative estimate of drug-likeness (QED) is 0.747. The van der Waals surface area contributed by atoms with Crippen LogP contribution in [0.5, 0.6) is 0 Å². The zero-order valence-corrected chi connectivity index (χ0v) is 15.8. The van der Waals surface area contributed by atoms with Crippen LogP contribution >= 0.6 is 27.5 Å². The standard InChI is InChI=1S/C17H15BrClNO3S/c18-13-3-1-2-12(10-13)17(21)20-9-8-16(11-20)24(22,23)15-6-4-14(19)5-7-15/h1-7,10,16H,8-9,11H2/t16-/m1/s1. The molecule has 0 saturated carbocycles. The van der Waals surface area contributed by atoms with E-state index in [9.17, 15) is 13.2 Å². The van der Waals surface area contributed by atoms with Gasteiger partial charge in [0.1, 0.15) is 0 Å². The number of carbonyl (C=O) groups excluding carboxylic acids is 1. The molecule has 0 N–H and O–H groups in total. The highest BCUT2D eigenvalue weighted by Gasteiger charge is 2.36. The number of hydrogen-bond donors (Lipinski definition) is 0. The number of nitrogens with zero attached hydrogens (tertiary/aromatic N) is 1. The lowest BCUT2D eigenvalue weighted by Crippen LogP contribution is -2.31. The summed E-state index contributed by atoms with van der Waals surface area (Å²) < 4.78 is 26.2. The van der Waals surface area contributed by atoms with Crippen LogP contribution in [0.2, 0.25) is 5.02 Å². The maximum atomic E-state index is 12.7. The normalized spacial score (nSPS) is 17.9. The van der Waals surface area contributed by atoms with Crippen molar-refractivity contribution in [2.75, 3.05) is 13.1 Å². The van der Waals surface area contributed by atoms with Crippen molar-refractivity contribution >= 4 is 43.3 Å². The highest BCUT2D eigenvalue weighted by atomic mass is 79.9. The van der Waals surface area contributed by atoms with E-state index in [4.69, 9.17) is 11.6 Å². The number of sulfone groups is 1. The van der Waals surface area contributed by atoms with Crippen molar-refractivity contribution in [1.82, 2.24) is 4.90 Å². The van der Waals surface area contributed by atoms with Gasteiger partial charge in [-0.2, -0.15) is 0 Å². The molecule has 1 heterocycles. The summed E-state index contributed by atoms with van der Waals surface area (Å²) in [4.78, 5) is 14.4. The molecule has 126 valence electrons. The molecule has 0 radical (unpaired) electrons. The second kappa shape index (κ2) is 6.86. The number of carbonyl (C=O) groups is 1. The lowest BCUT2D eigenvalue weighted by atomic mass is 10.2. The molecule has 0 spiro atoms. The molecular weight excluding hydrogens is 414 g/mol. The van der Waals surface area contributed by atoms with Crippen molar-refractivity contribution in [2.45, 2.75) is 16.6 Å². The van der Waals surface area contributed by atoms with Crippen LogP contribution in [0.15, 0.2) is 57.9 Å². The van der Waals surface area contributed by atoms with Gasteiger partial charge in [-0.25, -0.2) is 8.42 Å². The lowest BCUT2D eigenvalue weighted by molar-refractivity contribution is 0.0793. The van der Waals surface area contributed by atoms with Crippen molar-refractivity contribution in [3.63, 3.8) is 0 Å². The van der Waals surface area contributed by atoms with E-state index in [1.807, 2.05) is 6.07 Å². The van der Waals surface area contributed by atoms with Crippen LogP contribution in [0.3, 0.4) is 0 Å². The van der Waals surface area contributed by atoms with Gasteiger partial charge in [-0.3, -0.25) is 4.79 Å². The van der Waals surface area contributed by atoms with Gasteiger partial charge < -0.3 is 4.90 Å². The van der Waals surface area contributed by atoms with Gasteiger partial charge in [-0.05, 0) is 48.9 Å². The molecule has 2 aromatic carbocycles. The van der Waals surface area contributed by atoms with Crippen molar-refractivity contribution in [2.24, 2.45) is 0 Å². The molecule has 1 amide bonds. The minimum Gasteiger partial charge on any atom is -0.337 e. The maximum Gasteiger partial charge on any atom is 0.253 e. The molecule has 0 aromatic heterocycles. The van der Waals surface area contributed by atoms with Gasteiger partial charge in [0.25, 0.3) is 5.91 Å². The van der Waals surface area contributed by atoms with Crippen molar-refractivity contribution in [1.29, 1.82) is 0 Å². The lowest BCUT2D eigenvalue weighted by Gasteiger charge is -2.17. The molecule has 0 bridgehead atoms. The van der Waals surface area contributed by atoms with Gasteiger partial charge in [0.15, 0.2) is 9.84 Å². The Kier molecular flexibility index (Phi) is 4.99. The van der Waals surface area contributed by atoms with E-state index in [0.717, 1.165) is 4.47 Å². The Morgan fingerprint density at radius 2 is 1.88 bits per heavy atom. The minimum absolute atomic E-state index is 0.148.